The molecule has 1 heterocycles. The van der Waals surface area contributed by atoms with Crippen molar-refractivity contribution in [2.75, 3.05) is 6.54 Å². The highest BCUT2D eigenvalue weighted by Crippen LogP contribution is 2.24. The minimum absolute atomic E-state index is 0.0510. The first-order chi connectivity index (χ1) is 14.3. The molecule has 0 saturated carbocycles. The highest BCUT2D eigenvalue weighted by molar-refractivity contribution is 9.10. The van der Waals surface area contributed by atoms with Crippen LogP contribution in [-0.4, -0.2) is 26.9 Å². The summed E-state index contributed by atoms with van der Waals surface area (Å²) >= 11 is 3.42. The number of nitrogens with zero attached hydrogens (tertiary/aromatic N) is 3. The fraction of sp³-hybridized carbons (Fsp3) is 0.375. The molecule has 1 atom stereocenters. The smallest absolute Gasteiger partial charge is 0.261 e. The number of halogens is 1. The van der Waals surface area contributed by atoms with Crippen LogP contribution in [0.1, 0.15) is 56.3 Å². The molecule has 0 fully saturated rings. The molecule has 0 spiro atoms. The van der Waals surface area contributed by atoms with Gasteiger partial charge in [0.05, 0.1) is 16.9 Å². The van der Waals surface area contributed by atoms with Gasteiger partial charge in [0.1, 0.15) is 5.82 Å². The number of carbonyl (C=O) groups excluding carboxylic acids is 1. The minimum atomic E-state index is -0.340. The second-order valence-corrected chi connectivity index (χ2v) is 8.89. The van der Waals surface area contributed by atoms with Crippen LogP contribution in [0.2, 0.25) is 0 Å². The summed E-state index contributed by atoms with van der Waals surface area (Å²) in [6.07, 6.45) is 0.810. The van der Waals surface area contributed by atoms with Gasteiger partial charge in [0, 0.05) is 23.1 Å². The topological polar surface area (TPSA) is 55.2 Å². The summed E-state index contributed by atoms with van der Waals surface area (Å²) < 4.78 is 2.66. The first-order valence-electron chi connectivity index (χ1n) is 10.4. The number of rotatable bonds is 7. The van der Waals surface area contributed by atoms with Gasteiger partial charge in [-0.05, 0) is 55.7 Å². The van der Waals surface area contributed by atoms with Crippen molar-refractivity contribution in [3.05, 3.63) is 74.7 Å². The summed E-state index contributed by atoms with van der Waals surface area (Å²) in [6, 6.07) is 14.4. The molecule has 3 aromatic rings. The highest BCUT2D eigenvalue weighted by Gasteiger charge is 2.27. The summed E-state index contributed by atoms with van der Waals surface area (Å²) in [4.78, 5) is 33.3. The zero-order chi connectivity index (χ0) is 21.8. The third-order valence-corrected chi connectivity index (χ3v) is 5.62. The largest absolute Gasteiger partial charge is 0.328 e. The van der Waals surface area contributed by atoms with E-state index in [1.54, 1.807) is 4.57 Å². The van der Waals surface area contributed by atoms with E-state index in [-0.39, 0.29) is 23.4 Å². The zero-order valence-electron chi connectivity index (χ0n) is 17.9. The van der Waals surface area contributed by atoms with E-state index >= 15 is 0 Å². The Kier molecular flexibility index (Phi) is 7.08. The Morgan fingerprint density at radius 2 is 1.77 bits per heavy atom. The van der Waals surface area contributed by atoms with E-state index < -0.39 is 0 Å². The molecule has 1 unspecified atom stereocenters. The first kappa shape index (κ1) is 22.2. The Labute approximate surface area is 185 Å². The minimum Gasteiger partial charge on any atom is -0.328 e. The lowest BCUT2D eigenvalue weighted by molar-refractivity contribution is 0.0652. The maximum absolute atomic E-state index is 13.4. The number of hydrogen-bond acceptors (Lipinski definition) is 3. The Hall–Kier alpha value is -2.47. The fourth-order valence-corrected chi connectivity index (χ4v) is 3.92. The molecule has 1 amide bonds. The molecule has 30 heavy (non-hydrogen) atoms. The number of para-hydroxylation sites is 1. The SMILES string of the molecule is CCCn1c(C(C)N(CC(C)C)C(=O)c2ccc(Br)cc2)nc2ccccc2c1=O. The van der Waals surface area contributed by atoms with Gasteiger partial charge in [0.15, 0.2) is 0 Å². The molecule has 158 valence electrons. The number of aromatic nitrogens is 2. The zero-order valence-corrected chi connectivity index (χ0v) is 19.5. The van der Waals surface area contributed by atoms with Gasteiger partial charge in [-0.15, -0.1) is 0 Å². The van der Waals surface area contributed by atoms with Gasteiger partial charge < -0.3 is 4.90 Å². The average Bonchev–Trinajstić information content (AvgIpc) is 2.73. The molecule has 3 rings (SSSR count). The summed E-state index contributed by atoms with van der Waals surface area (Å²) in [5.41, 5.74) is 1.23. The Balaban J connectivity index is 2.11. The van der Waals surface area contributed by atoms with Crippen molar-refractivity contribution in [2.24, 2.45) is 5.92 Å². The number of carbonyl (C=O) groups is 1. The molecule has 6 heteroatoms. The lowest BCUT2D eigenvalue weighted by atomic mass is 10.1. The van der Waals surface area contributed by atoms with Crippen molar-refractivity contribution < 1.29 is 4.79 Å². The Bertz CT molecular complexity index is 1090. The van der Waals surface area contributed by atoms with Gasteiger partial charge in [-0.25, -0.2) is 4.98 Å². The van der Waals surface area contributed by atoms with Crippen LogP contribution in [0.5, 0.6) is 0 Å². The molecule has 0 radical (unpaired) electrons. The molecule has 0 aliphatic heterocycles. The summed E-state index contributed by atoms with van der Waals surface area (Å²) in [5.74, 6) is 0.847. The maximum atomic E-state index is 13.4. The number of benzene rings is 2. The van der Waals surface area contributed by atoms with Crippen LogP contribution in [-0.2, 0) is 6.54 Å². The summed E-state index contributed by atoms with van der Waals surface area (Å²) in [7, 11) is 0. The van der Waals surface area contributed by atoms with Crippen molar-refractivity contribution in [3.8, 4) is 0 Å². The number of hydrogen-bond donors (Lipinski definition) is 0. The number of fused-ring (bicyclic) bond motifs is 1. The summed E-state index contributed by atoms with van der Waals surface area (Å²) in [5, 5.41) is 0.608. The van der Waals surface area contributed by atoms with Crippen LogP contribution in [0.4, 0.5) is 0 Å². The molecule has 0 aliphatic rings. The average molecular weight is 470 g/mol. The quantitative estimate of drug-likeness (QED) is 0.463. The van der Waals surface area contributed by atoms with Crippen molar-refractivity contribution >= 4 is 32.7 Å². The van der Waals surface area contributed by atoms with Gasteiger partial charge in [0.2, 0.25) is 0 Å². The lowest BCUT2D eigenvalue weighted by Gasteiger charge is -2.32. The van der Waals surface area contributed by atoms with E-state index in [0.29, 0.717) is 35.4 Å². The van der Waals surface area contributed by atoms with Crippen LogP contribution in [0.3, 0.4) is 0 Å². The molecule has 0 N–H and O–H groups in total. The maximum Gasteiger partial charge on any atom is 0.261 e. The summed E-state index contributed by atoms with van der Waals surface area (Å²) in [6.45, 7) is 9.31. The predicted octanol–water partition coefficient (Wildman–Crippen LogP) is 5.43. The van der Waals surface area contributed by atoms with Crippen LogP contribution in [0.15, 0.2) is 57.8 Å². The molecule has 0 saturated heterocycles. The van der Waals surface area contributed by atoms with E-state index in [1.165, 1.54) is 0 Å². The molecular weight excluding hydrogens is 442 g/mol. The van der Waals surface area contributed by atoms with Crippen LogP contribution in [0.25, 0.3) is 10.9 Å². The normalized spacial score (nSPS) is 12.3. The van der Waals surface area contributed by atoms with Crippen molar-refractivity contribution in [2.45, 2.75) is 46.7 Å². The van der Waals surface area contributed by atoms with E-state index in [4.69, 9.17) is 4.98 Å². The van der Waals surface area contributed by atoms with E-state index in [1.807, 2.05) is 67.3 Å². The van der Waals surface area contributed by atoms with Crippen molar-refractivity contribution in [1.82, 2.24) is 14.5 Å². The third kappa shape index (κ3) is 4.64. The molecule has 2 aromatic carbocycles. The predicted molar refractivity (Wildman–Crippen MR) is 125 cm³/mol. The molecule has 0 aliphatic carbocycles. The highest BCUT2D eigenvalue weighted by atomic mass is 79.9. The van der Waals surface area contributed by atoms with E-state index in [2.05, 4.69) is 29.8 Å². The lowest BCUT2D eigenvalue weighted by Crippen LogP contribution is -2.39. The van der Waals surface area contributed by atoms with Gasteiger partial charge in [-0.3, -0.25) is 14.2 Å². The molecular formula is C24H28BrN3O2. The second kappa shape index (κ2) is 9.56. The van der Waals surface area contributed by atoms with Crippen molar-refractivity contribution in [1.29, 1.82) is 0 Å². The van der Waals surface area contributed by atoms with Crippen molar-refractivity contribution in [3.63, 3.8) is 0 Å². The molecule has 0 bridgehead atoms. The Morgan fingerprint density at radius 1 is 1.10 bits per heavy atom. The molecule has 5 nitrogen and oxygen atoms in total. The Morgan fingerprint density at radius 3 is 2.40 bits per heavy atom. The third-order valence-electron chi connectivity index (χ3n) is 5.09. The van der Waals surface area contributed by atoms with E-state index in [0.717, 1.165) is 10.9 Å². The van der Waals surface area contributed by atoms with Gasteiger partial charge in [-0.1, -0.05) is 48.8 Å². The van der Waals surface area contributed by atoms with Crippen LogP contribution >= 0.6 is 15.9 Å². The van der Waals surface area contributed by atoms with Crippen LogP contribution in [0, 0.1) is 5.92 Å². The first-order valence-corrected chi connectivity index (χ1v) is 11.2. The van der Waals surface area contributed by atoms with Gasteiger partial charge >= 0.3 is 0 Å². The van der Waals surface area contributed by atoms with Gasteiger partial charge in [-0.2, -0.15) is 0 Å². The second-order valence-electron chi connectivity index (χ2n) is 7.98. The standard InChI is InChI=1S/C24H28BrN3O2/c1-5-14-27-22(26-21-9-7-6-8-20(21)24(27)30)17(4)28(15-16(2)3)23(29)18-10-12-19(25)13-11-18/h6-13,16-17H,5,14-15H2,1-4H3. The fourth-order valence-electron chi connectivity index (χ4n) is 3.65. The monoisotopic (exact) mass is 469 g/mol. The molecule has 1 aromatic heterocycles. The van der Waals surface area contributed by atoms with Gasteiger partial charge in [0.25, 0.3) is 11.5 Å². The van der Waals surface area contributed by atoms with E-state index in [9.17, 15) is 9.59 Å². The number of amides is 1. The van der Waals surface area contributed by atoms with Crippen LogP contribution < -0.4 is 5.56 Å².